The number of carboxylic acids is 1. The number of para-hydroxylation sites is 1. The van der Waals surface area contributed by atoms with Crippen molar-refractivity contribution in [3.8, 4) is 0 Å². The van der Waals surface area contributed by atoms with Crippen LogP contribution in [-0.2, 0) is 9.59 Å². The van der Waals surface area contributed by atoms with Gasteiger partial charge in [0.15, 0.2) is 0 Å². The predicted octanol–water partition coefficient (Wildman–Crippen LogP) is 3.11. The van der Waals surface area contributed by atoms with E-state index < -0.39 is 11.9 Å². The molecule has 1 saturated heterocycles. The third kappa shape index (κ3) is 5.48. The number of aliphatic carboxylic acids is 1. The van der Waals surface area contributed by atoms with Crippen LogP contribution < -0.4 is 10.2 Å². The van der Waals surface area contributed by atoms with Gasteiger partial charge in [0.2, 0.25) is 5.91 Å². The highest BCUT2D eigenvalue weighted by Gasteiger charge is 2.24. The molecule has 2 aromatic carbocycles. The molecule has 1 fully saturated rings. The van der Waals surface area contributed by atoms with Gasteiger partial charge in [0.25, 0.3) is 5.91 Å². The second-order valence-electron chi connectivity index (χ2n) is 6.74. The van der Waals surface area contributed by atoms with Crippen molar-refractivity contribution in [2.45, 2.75) is 12.8 Å². The quantitative estimate of drug-likeness (QED) is 0.756. The minimum absolute atomic E-state index is 0.141. The summed E-state index contributed by atoms with van der Waals surface area (Å²) >= 11 is 5.94. The van der Waals surface area contributed by atoms with Gasteiger partial charge in [0.1, 0.15) is 0 Å². The normalized spacial score (nSPS) is 13.8. The Morgan fingerprint density at radius 1 is 0.931 bits per heavy atom. The van der Waals surface area contributed by atoms with E-state index in [1.54, 1.807) is 29.2 Å². The van der Waals surface area contributed by atoms with Gasteiger partial charge < -0.3 is 20.2 Å². The topological polar surface area (TPSA) is 89.9 Å². The lowest BCUT2D eigenvalue weighted by Gasteiger charge is -2.36. The molecule has 0 atom stereocenters. The first-order valence-corrected chi connectivity index (χ1v) is 9.72. The van der Waals surface area contributed by atoms with Gasteiger partial charge in [0, 0.05) is 43.3 Å². The van der Waals surface area contributed by atoms with E-state index in [0.29, 0.717) is 42.5 Å². The third-order valence-corrected chi connectivity index (χ3v) is 5.01. The van der Waals surface area contributed by atoms with E-state index in [4.69, 9.17) is 16.7 Å². The summed E-state index contributed by atoms with van der Waals surface area (Å²) in [6.07, 6.45) is -0.397. The zero-order chi connectivity index (χ0) is 20.8. The van der Waals surface area contributed by atoms with Gasteiger partial charge in [-0.05, 0) is 36.4 Å². The Morgan fingerprint density at radius 3 is 2.24 bits per heavy atom. The Bertz CT molecular complexity index is 893. The molecule has 2 amide bonds. The molecule has 2 aromatic rings. The van der Waals surface area contributed by atoms with Crippen LogP contribution in [0.3, 0.4) is 0 Å². The highest BCUT2D eigenvalue weighted by Crippen LogP contribution is 2.22. The molecule has 8 heteroatoms. The van der Waals surface area contributed by atoms with Gasteiger partial charge in [-0.2, -0.15) is 0 Å². The van der Waals surface area contributed by atoms with E-state index in [2.05, 4.69) is 10.2 Å². The molecule has 1 aliphatic heterocycles. The number of nitrogens with zero attached hydrogens (tertiary/aromatic N) is 2. The second kappa shape index (κ2) is 9.43. The zero-order valence-electron chi connectivity index (χ0n) is 15.8. The summed E-state index contributed by atoms with van der Waals surface area (Å²) in [5, 5.41) is 12.0. The smallest absolute Gasteiger partial charge is 0.303 e. The first kappa shape index (κ1) is 20.7. The van der Waals surface area contributed by atoms with Crippen molar-refractivity contribution in [3.05, 3.63) is 59.1 Å². The molecule has 152 valence electrons. The number of carbonyl (C=O) groups is 3. The molecular formula is C21H22ClN3O4. The van der Waals surface area contributed by atoms with Crippen molar-refractivity contribution in [1.29, 1.82) is 0 Å². The SMILES string of the molecule is O=C(O)CCC(=O)Nc1ccccc1C(=O)N1CCN(c2ccc(Cl)cc2)CC1. The van der Waals surface area contributed by atoms with Crippen molar-refractivity contribution in [1.82, 2.24) is 4.90 Å². The van der Waals surface area contributed by atoms with Crippen LogP contribution >= 0.6 is 11.6 Å². The summed E-state index contributed by atoms with van der Waals surface area (Å²) in [5.74, 6) is -1.63. The molecule has 0 bridgehead atoms. The average molecular weight is 416 g/mol. The minimum atomic E-state index is -1.04. The summed E-state index contributed by atoms with van der Waals surface area (Å²) in [4.78, 5) is 39.6. The molecule has 1 aliphatic rings. The maximum Gasteiger partial charge on any atom is 0.303 e. The molecule has 2 N–H and O–H groups in total. The fraction of sp³-hybridized carbons (Fsp3) is 0.286. The number of hydrogen-bond donors (Lipinski definition) is 2. The molecule has 3 rings (SSSR count). The number of carboxylic acid groups (broad SMARTS) is 1. The highest BCUT2D eigenvalue weighted by atomic mass is 35.5. The fourth-order valence-corrected chi connectivity index (χ4v) is 3.33. The molecule has 0 aliphatic carbocycles. The first-order chi connectivity index (χ1) is 13.9. The number of nitrogens with one attached hydrogen (secondary N) is 1. The van der Waals surface area contributed by atoms with Crippen molar-refractivity contribution in [2.75, 3.05) is 36.4 Å². The van der Waals surface area contributed by atoms with Crippen molar-refractivity contribution in [3.63, 3.8) is 0 Å². The minimum Gasteiger partial charge on any atom is -0.481 e. The Labute approximate surface area is 173 Å². The van der Waals surface area contributed by atoms with E-state index in [9.17, 15) is 14.4 Å². The van der Waals surface area contributed by atoms with Crippen LogP contribution in [0.4, 0.5) is 11.4 Å². The van der Waals surface area contributed by atoms with Crippen LogP contribution in [0.2, 0.25) is 5.02 Å². The average Bonchev–Trinajstić information content (AvgIpc) is 2.73. The number of hydrogen-bond acceptors (Lipinski definition) is 4. The Kier molecular flexibility index (Phi) is 6.72. The van der Waals surface area contributed by atoms with E-state index >= 15 is 0 Å². The van der Waals surface area contributed by atoms with Crippen LogP contribution in [0.5, 0.6) is 0 Å². The van der Waals surface area contributed by atoms with E-state index in [-0.39, 0.29) is 18.7 Å². The highest BCUT2D eigenvalue weighted by molar-refractivity contribution is 6.30. The summed E-state index contributed by atoms with van der Waals surface area (Å²) < 4.78 is 0. The van der Waals surface area contributed by atoms with Gasteiger partial charge in [-0.1, -0.05) is 23.7 Å². The molecule has 7 nitrogen and oxygen atoms in total. The number of halogens is 1. The molecule has 29 heavy (non-hydrogen) atoms. The number of carbonyl (C=O) groups excluding carboxylic acids is 2. The third-order valence-electron chi connectivity index (χ3n) is 4.76. The van der Waals surface area contributed by atoms with Crippen LogP contribution in [0.25, 0.3) is 0 Å². The van der Waals surface area contributed by atoms with Crippen LogP contribution in [0.15, 0.2) is 48.5 Å². The summed E-state index contributed by atoms with van der Waals surface area (Å²) in [6.45, 7) is 2.51. The van der Waals surface area contributed by atoms with Crippen LogP contribution in [0, 0.1) is 0 Å². The maximum absolute atomic E-state index is 13.0. The number of rotatable bonds is 6. The number of benzene rings is 2. The zero-order valence-corrected chi connectivity index (χ0v) is 16.6. The molecule has 0 radical (unpaired) electrons. The lowest BCUT2D eigenvalue weighted by atomic mass is 10.1. The van der Waals surface area contributed by atoms with E-state index in [1.807, 2.05) is 24.3 Å². The van der Waals surface area contributed by atoms with E-state index in [0.717, 1.165) is 5.69 Å². The fourth-order valence-electron chi connectivity index (χ4n) is 3.20. The maximum atomic E-state index is 13.0. The molecule has 0 saturated carbocycles. The molecule has 1 heterocycles. The summed E-state index contributed by atoms with van der Waals surface area (Å²) in [7, 11) is 0. The lowest BCUT2D eigenvalue weighted by Crippen LogP contribution is -2.48. The second-order valence-corrected chi connectivity index (χ2v) is 7.18. The number of piperazine rings is 1. The van der Waals surface area contributed by atoms with Gasteiger partial charge in [0.05, 0.1) is 17.7 Å². The summed E-state index contributed by atoms with van der Waals surface area (Å²) in [5.41, 5.74) is 1.86. The number of amides is 2. The van der Waals surface area contributed by atoms with Gasteiger partial charge in [-0.3, -0.25) is 14.4 Å². The largest absolute Gasteiger partial charge is 0.481 e. The van der Waals surface area contributed by atoms with Crippen LogP contribution in [-0.4, -0.2) is 54.0 Å². The molecule has 0 unspecified atom stereocenters. The Hall–Kier alpha value is -3.06. The summed E-state index contributed by atoms with van der Waals surface area (Å²) in [6, 6.07) is 14.4. The Balaban J connectivity index is 1.63. The molecular weight excluding hydrogens is 394 g/mol. The monoisotopic (exact) mass is 415 g/mol. The standard InChI is InChI=1S/C21H22ClN3O4/c22-15-5-7-16(8-6-15)24-11-13-25(14-12-24)21(29)17-3-1-2-4-18(17)23-19(26)9-10-20(27)28/h1-8H,9-14H2,(H,23,26)(H,27,28). The number of anilines is 2. The Morgan fingerprint density at radius 2 is 1.59 bits per heavy atom. The predicted molar refractivity (Wildman–Crippen MR) is 112 cm³/mol. The van der Waals surface area contributed by atoms with Gasteiger partial charge >= 0.3 is 5.97 Å². The van der Waals surface area contributed by atoms with Crippen molar-refractivity contribution >= 4 is 40.8 Å². The lowest BCUT2D eigenvalue weighted by molar-refractivity contribution is -0.138. The van der Waals surface area contributed by atoms with Crippen molar-refractivity contribution < 1.29 is 19.5 Å². The molecule has 0 spiro atoms. The molecule has 0 aromatic heterocycles. The van der Waals surface area contributed by atoms with Gasteiger partial charge in [-0.25, -0.2) is 0 Å². The van der Waals surface area contributed by atoms with Gasteiger partial charge in [-0.15, -0.1) is 0 Å². The van der Waals surface area contributed by atoms with Crippen LogP contribution in [0.1, 0.15) is 23.2 Å². The van der Waals surface area contributed by atoms with E-state index in [1.165, 1.54) is 0 Å². The first-order valence-electron chi connectivity index (χ1n) is 9.34. The van der Waals surface area contributed by atoms with Crippen molar-refractivity contribution in [2.24, 2.45) is 0 Å².